The Hall–Kier alpha value is -2.95. The van der Waals surface area contributed by atoms with Gasteiger partial charge < -0.3 is 4.90 Å². The molecule has 5 heteroatoms. The summed E-state index contributed by atoms with van der Waals surface area (Å²) < 4.78 is 0. The van der Waals surface area contributed by atoms with Crippen LogP contribution in [0, 0.1) is 0 Å². The van der Waals surface area contributed by atoms with Gasteiger partial charge in [-0.25, -0.2) is 4.90 Å². The first-order valence-electron chi connectivity index (χ1n) is 11.3. The first-order valence-corrected chi connectivity index (χ1v) is 11.3. The summed E-state index contributed by atoms with van der Waals surface area (Å²) in [7, 11) is 0. The van der Waals surface area contributed by atoms with E-state index in [9.17, 15) is 14.4 Å². The van der Waals surface area contributed by atoms with Crippen LogP contribution in [0.4, 0.5) is 5.69 Å². The zero-order chi connectivity index (χ0) is 22.0. The van der Waals surface area contributed by atoms with Crippen LogP contribution in [-0.2, 0) is 20.8 Å². The highest BCUT2D eigenvalue weighted by atomic mass is 16.2. The molecule has 31 heavy (non-hydrogen) atoms. The van der Waals surface area contributed by atoms with E-state index in [-0.39, 0.29) is 36.6 Å². The predicted molar refractivity (Wildman–Crippen MR) is 121 cm³/mol. The largest absolute Gasteiger partial charge is 0.327 e. The van der Waals surface area contributed by atoms with Crippen molar-refractivity contribution in [2.45, 2.75) is 70.4 Å². The normalized spacial score (nSPS) is 19.5. The molecule has 1 saturated carbocycles. The quantitative estimate of drug-likeness (QED) is 0.651. The van der Waals surface area contributed by atoms with Gasteiger partial charge in [-0.1, -0.05) is 69.2 Å². The standard InChI is InChI=1S/C26H30N2O3/c1-18(2)20-12-14-22(15-13-20)28-25(30)17-23(26(28)31)27(21-10-6-7-11-21)24(29)16-19-8-4-3-5-9-19/h3-5,8-9,12-15,18,21,23H,6-7,10-11,16-17H2,1-2H3. The average molecular weight is 419 g/mol. The van der Waals surface area contributed by atoms with E-state index in [0.29, 0.717) is 11.6 Å². The average Bonchev–Trinajstić information content (AvgIpc) is 3.38. The topological polar surface area (TPSA) is 57.7 Å². The molecule has 2 fully saturated rings. The van der Waals surface area contributed by atoms with Crippen LogP contribution in [-0.4, -0.2) is 34.7 Å². The summed E-state index contributed by atoms with van der Waals surface area (Å²) in [5.74, 6) is -0.208. The number of carbonyl (C=O) groups excluding carboxylic acids is 3. The summed E-state index contributed by atoms with van der Waals surface area (Å²) in [6.45, 7) is 4.21. The van der Waals surface area contributed by atoms with Crippen LogP contribution in [0.1, 0.15) is 63.0 Å². The van der Waals surface area contributed by atoms with Crippen molar-refractivity contribution in [3.8, 4) is 0 Å². The zero-order valence-corrected chi connectivity index (χ0v) is 18.3. The molecule has 0 spiro atoms. The lowest BCUT2D eigenvalue weighted by Crippen LogP contribution is -2.50. The number of imide groups is 1. The minimum absolute atomic E-state index is 0.0289. The summed E-state index contributed by atoms with van der Waals surface area (Å²) in [5, 5.41) is 0. The van der Waals surface area contributed by atoms with Crippen LogP contribution < -0.4 is 4.90 Å². The van der Waals surface area contributed by atoms with E-state index in [1.165, 1.54) is 4.90 Å². The van der Waals surface area contributed by atoms with E-state index in [1.54, 1.807) is 4.90 Å². The molecule has 3 amide bonds. The van der Waals surface area contributed by atoms with Crippen molar-refractivity contribution in [1.82, 2.24) is 4.90 Å². The van der Waals surface area contributed by atoms with Gasteiger partial charge in [-0.3, -0.25) is 14.4 Å². The fourth-order valence-corrected chi connectivity index (χ4v) is 4.79. The zero-order valence-electron chi connectivity index (χ0n) is 18.3. The molecule has 2 aliphatic rings. The minimum Gasteiger partial charge on any atom is -0.327 e. The van der Waals surface area contributed by atoms with Crippen LogP contribution in [0.2, 0.25) is 0 Å². The Morgan fingerprint density at radius 2 is 1.65 bits per heavy atom. The molecule has 2 aromatic rings. The second kappa shape index (κ2) is 9.04. The maximum atomic E-state index is 13.4. The minimum atomic E-state index is -0.711. The molecular formula is C26H30N2O3. The molecule has 2 aromatic carbocycles. The Kier molecular flexibility index (Phi) is 6.21. The molecule has 4 rings (SSSR count). The molecular weight excluding hydrogens is 388 g/mol. The Morgan fingerprint density at radius 3 is 2.26 bits per heavy atom. The number of carbonyl (C=O) groups is 3. The molecule has 162 valence electrons. The summed E-state index contributed by atoms with van der Waals surface area (Å²) in [4.78, 5) is 42.6. The van der Waals surface area contributed by atoms with Crippen LogP contribution in [0.15, 0.2) is 54.6 Å². The van der Waals surface area contributed by atoms with Gasteiger partial charge in [0.1, 0.15) is 6.04 Å². The molecule has 1 unspecified atom stereocenters. The Morgan fingerprint density at radius 1 is 1.00 bits per heavy atom. The van der Waals surface area contributed by atoms with Gasteiger partial charge in [0.15, 0.2) is 0 Å². The second-order valence-corrected chi connectivity index (χ2v) is 8.94. The van der Waals surface area contributed by atoms with Crippen molar-refractivity contribution in [3.05, 3.63) is 65.7 Å². The van der Waals surface area contributed by atoms with E-state index < -0.39 is 6.04 Å². The van der Waals surface area contributed by atoms with Crippen molar-refractivity contribution >= 4 is 23.4 Å². The van der Waals surface area contributed by atoms with E-state index in [4.69, 9.17) is 0 Å². The van der Waals surface area contributed by atoms with E-state index in [1.807, 2.05) is 54.6 Å². The van der Waals surface area contributed by atoms with Gasteiger partial charge in [-0.15, -0.1) is 0 Å². The Balaban J connectivity index is 1.59. The summed E-state index contributed by atoms with van der Waals surface area (Å²) in [6.07, 6.45) is 4.19. The van der Waals surface area contributed by atoms with Gasteiger partial charge >= 0.3 is 0 Å². The number of amides is 3. The van der Waals surface area contributed by atoms with Crippen LogP contribution in [0.25, 0.3) is 0 Å². The monoisotopic (exact) mass is 418 g/mol. The highest BCUT2D eigenvalue weighted by molar-refractivity contribution is 6.23. The molecule has 1 aliphatic carbocycles. The number of benzene rings is 2. The molecule has 0 N–H and O–H groups in total. The second-order valence-electron chi connectivity index (χ2n) is 8.94. The Bertz CT molecular complexity index is 946. The first-order chi connectivity index (χ1) is 15.0. The van der Waals surface area contributed by atoms with Crippen molar-refractivity contribution in [3.63, 3.8) is 0 Å². The lowest BCUT2D eigenvalue weighted by atomic mass is 10.0. The van der Waals surface area contributed by atoms with Crippen molar-refractivity contribution in [2.24, 2.45) is 0 Å². The van der Waals surface area contributed by atoms with Gasteiger partial charge in [0.2, 0.25) is 11.8 Å². The number of rotatable bonds is 6. The fraction of sp³-hybridized carbons (Fsp3) is 0.423. The van der Waals surface area contributed by atoms with Gasteiger partial charge in [-0.2, -0.15) is 0 Å². The molecule has 1 heterocycles. The van der Waals surface area contributed by atoms with E-state index >= 15 is 0 Å². The third-order valence-electron chi connectivity index (χ3n) is 6.48. The Labute approximate surface area is 184 Å². The maximum absolute atomic E-state index is 13.4. The molecule has 0 aromatic heterocycles. The van der Waals surface area contributed by atoms with Crippen molar-refractivity contribution in [1.29, 1.82) is 0 Å². The highest BCUT2D eigenvalue weighted by Crippen LogP contribution is 2.32. The number of nitrogens with zero attached hydrogens (tertiary/aromatic N) is 2. The van der Waals surface area contributed by atoms with Gasteiger partial charge in [-0.05, 0) is 42.0 Å². The third kappa shape index (κ3) is 4.41. The number of hydrogen-bond donors (Lipinski definition) is 0. The van der Waals surface area contributed by atoms with Gasteiger partial charge in [0, 0.05) is 6.04 Å². The van der Waals surface area contributed by atoms with Gasteiger partial charge in [0.05, 0.1) is 18.5 Å². The highest BCUT2D eigenvalue weighted by Gasteiger charge is 2.46. The third-order valence-corrected chi connectivity index (χ3v) is 6.48. The number of anilines is 1. The summed E-state index contributed by atoms with van der Waals surface area (Å²) in [5.41, 5.74) is 2.67. The maximum Gasteiger partial charge on any atom is 0.257 e. The summed E-state index contributed by atoms with van der Waals surface area (Å²) in [6, 6.07) is 16.5. The van der Waals surface area contributed by atoms with E-state index in [0.717, 1.165) is 36.8 Å². The van der Waals surface area contributed by atoms with Crippen LogP contribution in [0.3, 0.4) is 0 Å². The fourth-order valence-electron chi connectivity index (χ4n) is 4.79. The van der Waals surface area contributed by atoms with Gasteiger partial charge in [0.25, 0.3) is 5.91 Å². The van der Waals surface area contributed by atoms with Crippen LogP contribution >= 0.6 is 0 Å². The molecule has 1 atom stereocenters. The lowest BCUT2D eigenvalue weighted by Gasteiger charge is -2.33. The van der Waals surface area contributed by atoms with E-state index in [2.05, 4.69) is 13.8 Å². The molecule has 1 saturated heterocycles. The molecule has 1 aliphatic heterocycles. The SMILES string of the molecule is CC(C)c1ccc(N2C(=O)CC(N(C(=O)Cc3ccccc3)C3CCCC3)C2=O)cc1. The van der Waals surface area contributed by atoms with Crippen molar-refractivity contribution < 1.29 is 14.4 Å². The summed E-state index contributed by atoms with van der Waals surface area (Å²) >= 11 is 0. The van der Waals surface area contributed by atoms with Crippen molar-refractivity contribution in [2.75, 3.05) is 4.90 Å². The molecule has 0 bridgehead atoms. The molecule has 0 radical (unpaired) electrons. The molecule has 5 nitrogen and oxygen atoms in total. The predicted octanol–water partition coefficient (Wildman–Crippen LogP) is 4.46. The number of hydrogen-bond acceptors (Lipinski definition) is 3. The smallest absolute Gasteiger partial charge is 0.257 e. The first kappa shape index (κ1) is 21.3. The lowest BCUT2D eigenvalue weighted by molar-refractivity contribution is -0.140. The van der Waals surface area contributed by atoms with Crippen LogP contribution in [0.5, 0.6) is 0 Å².